The lowest BCUT2D eigenvalue weighted by Gasteiger charge is -2.09. The van der Waals surface area contributed by atoms with Gasteiger partial charge in [-0.2, -0.15) is 0 Å². The van der Waals surface area contributed by atoms with Gasteiger partial charge in [-0.1, -0.05) is 15.9 Å². The van der Waals surface area contributed by atoms with E-state index in [0.29, 0.717) is 12.5 Å². The van der Waals surface area contributed by atoms with E-state index in [9.17, 15) is 0 Å². The molecule has 0 aliphatic heterocycles. The molecule has 0 saturated carbocycles. The van der Waals surface area contributed by atoms with Gasteiger partial charge >= 0.3 is 0 Å². The summed E-state index contributed by atoms with van der Waals surface area (Å²) in [4.78, 5) is 4.60. The molecule has 5 heteroatoms. The zero-order valence-corrected chi connectivity index (χ0v) is 13.9. The number of alkyl halides is 1. The number of imidazole rings is 1. The van der Waals surface area contributed by atoms with Crippen LogP contribution >= 0.6 is 27.5 Å². The Morgan fingerprint density at radius 3 is 2.62 bits per heavy atom. The molecule has 0 amide bonds. The third kappa shape index (κ3) is 2.78. The van der Waals surface area contributed by atoms with E-state index in [1.165, 1.54) is 0 Å². The van der Waals surface area contributed by atoms with Crippen molar-refractivity contribution < 1.29 is 4.74 Å². The zero-order chi connectivity index (χ0) is 14.8. The van der Waals surface area contributed by atoms with Gasteiger partial charge in [0, 0.05) is 10.2 Å². The van der Waals surface area contributed by atoms with E-state index in [2.05, 4.69) is 25.5 Å². The molecule has 0 N–H and O–H groups in total. The van der Waals surface area contributed by atoms with E-state index in [1.54, 1.807) is 0 Å². The summed E-state index contributed by atoms with van der Waals surface area (Å²) < 4.78 is 8.56. The number of fused-ring (bicyclic) bond motifs is 1. The molecule has 0 radical (unpaired) electrons. The summed E-state index contributed by atoms with van der Waals surface area (Å²) in [6, 6.07) is 14.0. The van der Waals surface area contributed by atoms with Crippen LogP contribution in [0.25, 0.3) is 16.7 Å². The Labute approximate surface area is 136 Å². The number of hydrogen-bond acceptors (Lipinski definition) is 2. The number of aromatic nitrogens is 2. The molecular formula is C16H14BrClN2O. The van der Waals surface area contributed by atoms with Crippen LogP contribution in [-0.4, -0.2) is 16.2 Å². The van der Waals surface area contributed by atoms with Gasteiger partial charge in [0.2, 0.25) is 0 Å². The molecule has 0 atom stereocenters. The number of halogens is 2. The van der Waals surface area contributed by atoms with Gasteiger partial charge < -0.3 is 4.74 Å². The highest BCUT2D eigenvalue weighted by Crippen LogP contribution is 2.26. The largest absolute Gasteiger partial charge is 0.494 e. The van der Waals surface area contributed by atoms with Crippen molar-refractivity contribution in [1.29, 1.82) is 0 Å². The monoisotopic (exact) mass is 364 g/mol. The zero-order valence-electron chi connectivity index (χ0n) is 11.5. The van der Waals surface area contributed by atoms with Gasteiger partial charge in [0.1, 0.15) is 11.6 Å². The molecule has 0 fully saturated rings. The highest BCUT2D eigenvalue weighted by molar-refractivity contribution is 9.10. The van der Waals surface area contributed by atoms with Crippen LogP contribution in [0.1, 0.15) is 12.7 Å². The molecule has 3 rings (SSSR count). The SMILES string of the molecule is CCOc1ccc(-n2c(CCl)nc3cc(Br)ccc32)cc1. The molecule has 2 aromatic carbocycles. The van der Waals surface area contributed by atoms with Gasteiger partial charge in [0.15, 0.2) is 0 Å². The maximum absolute atomic E-state index is 6.05. The number of rotatable bonds is 4. The second-order valence-electron chi connectivity index (χ2n) is 4.56. The van der Waals surface area contributed by atoms with Gasteiger partial charge in [-0.15, -0.1) is 11.6 Å². The van der Waals surface area contributed by atoms with Gasteiger partial charge in [-0.05, 0) is 49.4 Å². The van der Waals surface area contributed by atoms with Crippen LogP contribution < -0.4 is 4.74 Å². The fourth-order valence-electron chi connectivity index (χ4n) is 2.34. The van der Waals surface area contributed by atoms with Crippen molar-refractivity contribution >= 4 is 38.6 Å². The minimum absolute atomic E-state index is 0.361. The quantitative estimate of drug-likeness (QED) is 0.613. The normalized spacial score (nSPS) is 11.0. The smallest absolute Gasteiger partial charge is 0.129 e. The van der Waals surface area contributed by atoms with Crippen LogP contribution in [0.15, 0.2) is 46.9 Å². The Balaban J connectivity index is 2.13. The first kappa shape index (κ1) is 14.4. The topological polar surface area (TPSA) is 27.1 Å². The number of ether oxygens (including phenoxy) is 1. The molecule has 0 aliphatic rings. The van der Waals surface area contributed by atoms with Crippen molar-refractivity contribution in [1.82, 2.24) is 9.55 Å². The van der Waals surface area contributed by atoms with E-state index in [4.69, 9.17) is 16.3 Å². The van der Waals surface area contributed by atoms with Gasteiger partial charge in [-0.3, -0.25) is 4.57 Å². The second-order valence-corrected chi connectivity index (χ2v) is 5.74. The minimum atomic E-state index is 0.361. The van der Waals surface area contributed by atoms with E-state index in [1.807, 2.05) is 49.4 Å². The highest BCUT2D eigenvalue weighted by Gasteiger charge is 2.12. The van der Waals surface area contributed by atoms with Crippen LogP contribution in [-0.2, 0) is 5.88 Å². The van der Waals surface area contributed by atoms with Gasteiger partial charge in [-0.25, -0.2) is 4.98 Å². The summed E-state index contributed by atoms with van der Waals surface area (Å²) in [5.41, 5.74) is 2.99. The lowest BCUT2D eigenvalue weighted by molar-refractivity contribution is 0.340. The molecular weight excluding hydrogens is 352 g/mol. The standard InChI is InChI=1S/C16H14BrClN2O/c1-2-21-13-6-4-12(5-7-13)20-15-8-3-11(17)9-14(15)19-16(20)10-18/h3-9H,2,10H2,1H3. The molecule has 0 bridgehead atoms. The molecule has 3 nitrogen and oxygen atoms in total. The van der Waals surface area contributed by atoms with Gasteiger partial charge in [0.25, 0.3) is 0 Å². The summed E-state index contributed by atoms with van der Waals surface area (Å²) in [7, 11) is 0. The van der Waals surface area contributed by atoms with Crippen molar-refractivity contribution in [3.05, 3.63) is 52.8 Å². The maximum Gasteiger partial charge on any atom is 0.129 e. The maximum atomic E-state index is 6.05. The molecule has 1 heterocycles. The average Bonchev–Trinajstić information content (AvgIpc) is 2.86. The Bertz CT molecular complexity index is 768. The molecule has 0 spiro atoms. The third-order valence-electron chi connectivity index (χ3n) is 3.21. The van der Waals surface area contributed by atoms with Crippen molar-refractivity contribution in [2.75, 3.05) is 6.61 Å². The summed E-state index contributed by atoms with van der Waals surface area (Å²) in [5, 5.41) is 0. The van der Waals surface area contributed by atoms with Crippen LogP contribution in [0.4, 0.5) is 0 Å². The molecule has 1 aromatic heterocycles. The van der Waals surface area contributed by atoms with E-state index in [-0.39, 0.29) is 0 Å². The van der Waals surface area contributed by atoms with Gasteiger partial charge in [0.05, 0.1) is 23.5 Å². The van der Waals surface area contributed by atoms with E-state index in [0.717, 1.165) is 32.8 Å². The molecule has 0 aliphatic carbocycles. The average molecular weight is 366 g/mol. The highest BCUT2D eigenvalue weighted by atomic mass is 79.9. The van der Waals surface area contributed by atoms with Crippen molar-refractivity contribution in [3.63, 3.8) is 0 Å². The Morgan fingerprint density at radius 2 is 1.95 bits per heavy atom. The van der Waals surface area contributed by atoms with Crippen molar-refractivity contribution in [2.24, 2.45) is 0 Å². The van der Waals surface area contributed by atoms with Crippen molar-refractivity contribution in [2.45, 2.75) is 12.8 Å². The van der Waals surface area contributed by atoms with Crippen LogP contribution in [0.5, 0.6) is 5.75 Å². The Hall–Kier alpha value is -1.52. The van der Waals surface area contributed by atoms with Crippen LogP contribution in [0, 0.1) is 0 Å². The fraction of sp³-hybridized carbons (Fsp3) is 0.188. The summed E-state index contributed by atoms with van der Waals surface area (Å²) in [6.07, 6.45) is 0. The first-order chi connectivity index (χ1) is 10.2. The predicted molar refractivity (Wildman–Crippen MR) is 89.5 cm³/mol. The number of nitrogens with zero attached hydrogens (tertiary/aromatic N) is 2. The Kier molecular flexibility index (Phi) is 4.17. The second kappa shape index (κ2) is 6.08. The fourth-order valence-corrected chi connectivity index (χ4v) is 2.87. The predicted octanol–water partition coefficient (Wildman–Crippen LogP) is 4.93. The first-order valence-corrected chi connectivity index (χ1v) is 8.01. The Morgan fingerprint density at radius 1 is 1.19 bits per heavy atom. The summed E-state index contributed by atoms with van der Waals surface area (Å²) in [6.45, 7) is 2.63. The molecule has 21 heavy (non-hydrogen) atoms. The summed E-state index contributed by atoms with van der Waals surface area (Å²) in [5.74, 6) is 2.05. The summed E-state index contributed by atoms with van der Waals surface area (Å²) >= 11 is 9.53. The number of hydrogen-bond donors (Lipinski definition) is 0. The third-order valence-corrected chi connectivity index (χ3v) is 3.94. The minimum Gasteiger partial charge on any atom is -0.494 e. The van der Waals surface area contributed by atoms with Crippen LogP contribution in [0.2, 0.25) is 0 Å². The number of benzene rings is 2. The van der Waals surface area contributed by atoms with Crippen molar-refractivity contribution in [3.8, 4) is 11.4 Å². The lowest BCUT2D eigenvalue weighted by atomic mass is 10.2. The van der Waals surface area contributed by atoms with Crippen LogP contribution in [0.3, 0.4) is 0 Å². The first-order valence-electron chi connectivity index (χ1n) is 6.69. The molecule has 0 saturated heterocycles. The lowest BCUT2D eigenvalue weighted by Crippen LogP contribution is -1.99. The molecule has 0 unspecified atom stereocenters. The molecule has 108 valence electrons. The molecule has 3 aromatic rings. The van der Waals surface area contributed by atoms with E-state index < -0.39 is 0 Å². The van der Waals surface area contributed by atoms with E-state index >= 15 is 0 Å².